The van der Waals surface area contributed by atoms with Gasteiger partial charge in [0, 0.05) is 23.4 Å². The summed E-state index contributed by atoms with van der Waals surface area (Å²) in [6.07, 6.45) is 13.4. The minimum Gasteiger partial charge on any atom is -0.321 e. The Bertz CT molecular complexity index is 928. The first-order valence-corrected chi connectivity index (χ1v) is 11.5. The molecule has 0 saturated carbocycles. The highest BCUT2D eigenvalue weighted by Crippen LogP contribution is 2.43. The third-order valence-electron chi connectivity index (χ3n) is 7.27. The Balaban J connectivity index is 1.37. The third kappa shape index (κ3) is 3.73. The molecule has 1 saturated heterocycles. The van der Waals surface area contributed by atoms with Crippen molar-refractivity contribution in [2.75, 3.05) is 25.0 Å². The molecule has 3 nitrogen and oxygen atoms in total. The zero-order chi connectivity index (χ0) is 19.8. The molecule has 1 N–H and O–H groups in total. The van der Waals surface area contributed by atoms with Gasteiger partial charge in [0.25, 0.3) is 5.91 Å². The van der Waals surface area contributed by atoms with Crippen molar-refractivity contribution >= 4 is 17.2 Å². The topological polar surface area (TPSA) is 32.3 Å². The molecule has 1 aromatic rings. The van der Waals surface area contributed by atoms with E-state index in [0.29, 0.717) is 0 Å². The second-order valence-electron chi connectivity index (χ2n) is 9.16. The molecule has 1 amide bonds. The highest BCUT2D eigenvalue weighted by molar-refractivity contribution is 6.32. The van der Waals surface area contributed by atoms with E-state index < -0.39 is 0 Å². The lowest BCUT2D eigenvalue weighted by molar-refractivity contribution is -0.110. The fraction of sp³-hybridized carbons (Fsp3) is 0.500. The summed E-state index contributed by atoms with van der Waals surface area (Å²) < 4.78 is 0. The van der Waals surface area contributed by atoms with Gasteiger partial charge in [0.2, 0.25) is 0 Å². The number of carbonyl (C=O) groups is 1. The van der Waals surface area contributed by atoms with Gasteiger partial charge in [-0.3, -0.25) is 4.79 Å². The maximum Gasteiger partial charge on any atom is 0.256 e. The molecule has 0 bridgehead atoms. The molecule has 152 valence electrons. The van der Waals surface area contributed by atoms with Crippen molar-refractivity contribution in [2.45, 2.75) is 64.7 Å². The number of allylic oxidation sites excluding steroid dienone is 5. The monoisotopic (exact) mass is 388 g/mol. The van der Waals surface area contributed by atoms with E-state index in [2.05, 4.69) is 41.4 Å². The van der Waals surface area contributed by atoms with Crippen LogP contribution in [0.25, 0.3) is 5.57 Å². The summed E-state index contributed by atoms with van der Waals surface area (Å²) in [5, 5.41) is 3.08. The lowest BCUT2D eigenvalue weighted by Gasteiger charge is -2.26. The van der Waals surface area contributed by atoms with Gasteiger partial charge in [-0.2, -0.15) is 0 Å². The Morgan fingerprint density at radius 1 is 1.07 bits per heavy atom. The van der Waals surface area contributed by atoms with Crippen LogP contribution >= 0.6 is 0 Å². The van der Waals surface area contributed by atoms with Gasteiger partial charge < -0.3 is 10.2 Å². The van der Waals surface area contributed by atoms with E-state index in [9.17, 15) is 4.79 Å². The molecule has 0 aromatic heterocycles. The fourth-order valence-corrected chi connectivity index (χ4v) is 5.51. The number of carbonyl (C=O) groups excluding carboxylic acids is 1. The Morgan fingerprint density at radius 2 is 1.90 bits per heavy atom. The molecular weight excluding hydrogens is 356 g/mol. The smallest absolute Gasteiger partial charge is 0.256 e. The van der Waals surface area contributed by atoms with Gasteiger partial charge >= 0.3 is 0 Å². The van der Waals surface area contributed by atoms with Crippen molar-refractivity contribution in [3.8, 4) is 0 Å². The molecular formula is C26H32N2O. The third-order valence-corrected chi connectivity index (χ3v) is 7.27. The molecule has 3 heteroatoms. The average Bonchev–Trinajstić information content (AvgIpc) is 3.24. The van der Waals surface area contributed by atoms with Crippen LogP contribution in [0.2, 0.25) is 0 Å². The van der Waals surface area contributed by atoms with Gasteiger partial charge in [0.1, 0.15) is 0 Å². The van der Waals surface area contributed by atoms with Gasteiger partial charge in [-0.1, -0.05) is 18.1 Å². The SMILES string of the molecule is CC1=C(C=C2C(=O)Nc3ccc(CCN4CCCCC4)cc32)CC2=C1CCCC2. The van der Waals surface area contributed by atoms with Crippen molar-refractivity contribution < 1.29 is 4.79 Å². The van der Waals surface area contributed by atoms with Crippen molar-refractivity contribution in [1.82, 2.24) is 4.90 Å². The van der Waals surface area contributed by atoms with Crippen LogP contribution in [0.3, 0.4) is 0 Å². The number of piperidine rings is 1. The van der Waals surface area contributed by atoms with Gasteiger partial charge in [-0.15, -0.1) is 0 Å². The molecule has 29 heavy (non-hydrogen) atoms. The second kappa shape index (κ2) is 7.95. The van der Waals surface area contributed by atoms with Crippen LogP contribution in [0, 0.1) is 0 Å². The minimum absolute atomic E-state index is 0.0540. The van der Waals surface area contributed by atoms with Crippen molar-refractivity contribution in [3.63, 3.8) is 0 Å². The summed E-state index contributed by atoms with van der Waals surface area (Å²) in [6.45, 7) is 5.85. The highest BCUT2D eigenvalue weighted by Gasteiger charge is 2.28. The number of nitrogens with one attached hydrogen (secondary N) is 1. The molecule has 5 rings (SSSR count). The Labute approximate surface area is 174 Å². The van der Waals surface area contributed by atoms with Gasteiger partial charge in [-0.05, 0) is 112 Å². The van der Waals surface area contributed by atoms with Crippen molar-refractivity contribution in [3.05, 3.63) is 57.7 Å². The van der Waals surface area contributed by atoms with Gasteiger partial charge in [-0.25, -0.2) is 0 Å². The number of amides is 1. The Kier molecular flexibility index (Phi) is 5.17. The van der Waals surface area contributed by atoms with E-state index in [1.165, 1.54) is 74.7 Å². The van der Waals surface area contributed by atoms with Gasteiger partial charge in [0.15, 0.2) is 0 Å². The van der Waals surface area contributed by atoms with Crippen LogP contribution in [0.5, 0.6) is 0 Å². The second-order valence-corrected chi connectivity index (χ2v) is 9.16. The molecule has 1 aromatic carbocycles. The molecule has 2 aliphatic carbocycles. The molecule has 2 heterocycles. The summed E-state index contributed by atoms with van der Waals surface area (Å²) in [4.78, 5) is 15.3. The van der Waals surface area contributed by atoms with Crippen LogP contribution in [0.4, 0.5) is 5.69 Å². The molecule has 0 atom stereocenters. The predicted octanol–water partition coefficient (Wildman–Crippen LogP) is 5.64. The maximum absolute atomic E-state index is 12.7. The van der Waals surface area contributed by atoms with Crippen LogP contribution in [0.1, 0.15) is 69.4 Å². The minimum atomic E-state index is 0.0540. The summed E-state index contributed by atoms with van der Waals surface area (Å²) >= 11 is 0. The maximum atomic E-state index is 12.7. The Hall–Kier alpha value is -2.13. The van der Waals surface area contributed by atoms with Crippen LogP contribution in [-0.4, -0.2) is 30.4 Å². The van der Waals surface area contributed by atoms with Gasteiger partial charge in [0.05, 0.1) is 0 Å². The Morgan fingerprint density at radius 3 is 2.72 bits per heavy atom. The first-order valence-electron chi connectivity index (χ1n) is 11.5. The number of benzene rings is 1. The standard InChI is InChI=1S/C26H32N2O/c1-18-21(16-20-7-3-4-8-22(18)20)17-24-23-15-19(9-10-25(23)27-26(24)29)11-14-28-12-5-2-6-13-28/h9-10,15,17H,2-8,11-14,16H2,1H3,(H,27,29). The lowest BCUT2D eigenvalue weighted by Crippen LogP contribution is -2.31. The molecule has 1 fully saturated rings. The summed E-state index contributed by atoms with van der Waals surface area (Å²) in [5.74, 6) is 0.0540. The molecule has 2 aliphatic heterocycles. The number of fused-ring (bicyclic) bond motifs is 1. The number of rotatable bonds is 4. The molecule has 4 aliphatic rings. The number of anilines is 1. The zero-order valence-corrected chi connectivity index (χ0v) is 17.7. The van der Waals surface area contributed by atoms with E-state index in [1.807, 2.05) is 0 Å². The van der Waals surface area contributed by atoms with E-state index in [-0.39, 0.29) is 5.91 Å². The molecule has 0 spiro atoms. The first-order chi connectivity index (χ1) is 14.2. The quantitative estimate of drug-likeness (QED) is 0.677. The predicted molar refractivity (Wildman–Crippen MR) is 120 cm³/mol. The summed E-state index contributed by atoms with van der Waals surface area (Å²) in [7, 11) is 0. The zero-order valence-electron chi connectivity index (χ0n) is 17.7. The van der Waals surface area contributed by atoms with E-state index >= 15 is 0 Å². The number of likely N-dealkylation sites (tertiary alicyclic amines) is 1. The van der Waals surface area contributed by atoms with E-state index in [0.717, 1.165) is 36.2 Å². The van der Waals surface area contributed by atoms with E-state index in [4.69, 9.17) is 0 Å². The fourth-order valence-electron chi connectivity index (χ4n) is 5.51. The average molecular weight is 389 g/mol. The number of hydrogen-bond acceptors (Lipinski definition) is 2. The summed E-state index contributed by atoms with van der Waals surface area (Å²) in [6, 6.07) is 6.53. The van der Waals surface area contributed by atoms with Crippen molar-refractivity contribution in [1.29, 1.82) is 0 Å². The highest BCUT2D eigenvalue weighted by atomic mass is 16.2. The number of hydrogen-bond donors (Lipinski definition) is 1. The molecule has 0 unspecified atom stereocenters. The van der Waals surface area contributed by atoms with Crippen LogP contribution in [-0.2, 0) is 11.2 Å². The molecule has 0 radical (unpaired) electrons. The lowest BCUT2D eigenvalue weighted by atomic mass is 9.91. The van der Waals surface area contributed by atoms with E-state index in [1.54, 1.807) is 11.1 Å². The summed E-state index contributed by atoms with van der Waals surface area (Å²) in [5.41, 5.74) is 10.2. The first kappa shape index (κ1) is 18.9. The largest absolute Gasteiger partial charge is 0.321 e. The van der Waals surface area contributed by atoms with Crippen LogP contribution < -0.4 is 5.32 Å². The normalized spacial score (nSPS) is 23.6. The van der Waals surface area contributed by atoms with Crippen molar-refractivity contribution in [2.24, 2.45) is 0 Å². The number of nitrogens with zero attached hydrogens (tertiary/aromatic N) is 1. The van der Waals surface area contributed by atoms with Crippen LogP contribution in [0.15, 0.2) is 46.6 Å².